The quantitative estimate of drug-likeness (QED) is 0.515. The molecule has 2 unspecified atom stereocenters. The van der Waals surface area contributed by atoms with E-state index in [-0.39, 0.29) is 11.8 Å². The van der Waals surface area contributed by atoms with E-state index in [0.717, 1.165) is 25.7 Å². The van der Waals surface area contributed by atoms with Gasteiger partial charge in [-0.1, -0.05) is 67.2 Å². The van der Waals surface area contributed by atoms with Crippen LogP contribution in [0.2, 0.25) is 0 Å². The number of aliphatic carboxylic acids is 2. The number of hydrogen-bond acceptors (Lipinski definition) is 2. The first-order valence-electron chi connectivity index (χ1n) is 9.09. The fourth-order valence-electron chi connectivity index (χ4n) is 4.16. The summed E-state index contributed by atoms with van der Waals surface area (Å²) < 4.78 is 0. The summed E-state index contributed by atoms with van der Waals surface area (Å²) in [6, 6.07) is 0. The smallest absolute Gasteiger partial charge is 0.311 e. The van der Waals surface area contributed by atoms with Gasteiger partial charge in [-0.2, -0.15) is 0 Å². The molecule has 0 fully saturated rings. The van der Waals surface area contributed by atoms with Gasteiger partial charge < -0.3 is 10.2 Å². The highest BCUT2D eigenvalue weighted by Crippen LogP contribution is 2.55. The molecular weight excluding hydrogens is 292 g/mol. The summed E-state index contributed by atoms with van der Waals surface area (Å²) in [5.41, 5.74) is -2.42. The highest BCUT2D eigenvalue weighted by molar-refractivity contribution is 5.87. The zero-order chi connectivity index (χ0) is 18.3. The van der Waals surface area contributed by atoms with Crippen molar-refractivity contribution >= 4 is 11.9 Å². The van der Waals surface area contributed by atoms with Crippen LogP contribution in [0.25, 0.3) is 0 Å². The maximum Gasteiger partial charge on any atom is 0.311 e. The Morgan fingerprint density at radius 1 is 0.870 bits per heavy atom. The van der Waals surface area contributed by atoms with Crippen LogP contribution in [0.3, 0.4) is 0 Å². The molecule has 0 amide bonds. The molecule has 0 saturated carbocycles. The van der Waals surface area contributed by atoms with Gasteiger partial charge in [0.2, 0.25) is 0 Å². The first-order chi connectivity index (χ1) is 10.6. The Balaban J connectivity index is 6.34. The SMILES string of the molecule is CCCCC(CC(C)C)(C(=O)O)C(CCCC)(C(=O)O)C(C)C. The largest absolute Gasteiger partial charge is 0.481 e. The molecule has 23 heavy (non-hydrogen) atoms. The van der Waals surface area contributed by atoms with E-state index in [2.05, 4.69) is 0 Å². The maximum absolute atomic E-state index is 12.4. The van der Waals surface area contributed by atoms with E-state index in [4.69, 9.17) is 0 Å². The normalized spacial score (nSPS) is 17.0. The first-order valence-corrected chi connectivity index (χ1v) is 9.09. The third-order valence-corrected chi connectivity index (χ3v) is 5.27. The molecule has 136 valence electrons. The van der Waals surface area contributed by atoms with Crippen molar-refractivity contribution in [3.63, 3.8) is 0 Å². The molecule has 4 heteroatoms. The maximum atomic E-state index is 12.4. The molecule has 0 spiro atoms. The van der Waals surface area contributed by atoms with Crippen LogP contribution < -0.4 is 0 Å². The van der Waals surface area contributed by atoms with Crippen molar-refractivity contribution in [2.24, 2.45) is 22.7 Å². The summed E-state index contributed by atoms with van der Waals surface area (Å²) in [5.74, 6) is -1.97. The van der Waals surface area contributed by atoms with E-state index in [1.54, 1.807) is 0 Å². The molecule has 0 aromatic heterocycles. The van der Waals surface area contributed by atoms with Gasteiger partial charge in [0.1, 0.15) is 0 Å². The second-order valence-corrected chi connectivity index (χ2v) is 7.62. The van der Waals surface area contributed by atoms with E-state index >= 15 is 0 Å². The molecule has 2 N–H and O–H groups in total. The molecule has 0 aliphatic heterocycles. The van der Waals surface area contributed by atoms with Crippen LogP contribution in [0.4, 0.5) is 0 Å². The Bertz CT molecular complexity index is 389. The number of carboxylic acid groups (broad SMARTS) is 2. The molecule has 0 heterocycles. The number of hydrogen-bond donors (Lipinski definition) is 2. The van der Waals surface area contributed by atoms with E-state index in [0.29, 0.717) is 19.3 Å². The molecular formula is C19H36O4. The summed E-state index contributed by atoms with van der Waals surface area (Å²) >= 11 is 0. The number of carboxylic acids is 2. The van der Waals surface area contributed by atoms with Crippen LogP contribution in [-0.2, 0) is 9.59 Å². The minimum Gasteiger partial charge on any atom is -0.481 e. The predicted molar refractivity (Wildman–Crippen MR) is 93.5 cm³/mol. The van der Waals surface area contributed by atoms with Crippen LogP contribution in [-0.4, -0.2) is 22.2 Å². The Morgan fingerprint density at radius 2 is 1.35 bits per heavy atom. The van der Waals surface area contributed by atoms with Crippen molar-refractivity contribution < 1.29 is 19.8 Å². The Kier molecular flexibility index (Phi) is 8.86. The number of carbonyl (C=O) groups is 2. The minimum atomic E-state index is -1.21. The monoisotopic (exact) mass is 328 g/mol. The summed E-state index contributed by atoms with van der Waals surface area (Å²) in [4.78, 5) is 24.8. The highest BCUT2D eigenvalue weighted by atomic mass is 16.4. The molecule has 0 aromatic rings. The van der Waals surface area contributed by atoms with Gasteiger partial charge in [0, 0.05) is 0 Å². The van der Waals surface area contributed by atoms with Crippen LogP contribution >= 0.6 is 0 Å². The number of rotatable bonds is 12. The van der Waals surface area contributed by atoms with Gasteiger partial charge in [-0.05, 0) is 31.1 Å². The van der Waals surface area contributed by atoms with Crippen molar-refractivity contribution in [3.05, 3.63) is 0 Å². The fraction of sp³-hybridized carbons (Fsp3) is 0.895. The molecule has 0 aliphatic rings. The van der Waals surface area contributed by atoms with Crippen LogP contribution in [0, 0.1) is 22.7 Å². The topological polar surface area (TPSA) is 74.6 Å². The van der Waals surface area contributed by atoms with E-state index in [9.17, 15) is 19.8 Å². The zero-order valence-electron chi connectivity index (χ0n) is 15.8. The van der Waals surface area contributed by atoms with Gasteiger partial charge in [0.25, 0.3) is 0 Å². The zero-order valence-corrected chi connectivity index (χ0v) is 15.8. The lowest BCUT2D eigenvalue weighted by atomic mass is 9.51. The van der Waals surface area contributed by atoms with Gasteiger partial charge in [0.05, 0.1) is 10.8 Å². The average Bonchev–Trinajstić information content (AvgIpc) is 2.43. The van der Waals surface area contributed by atoms with Gasteiger partial charge in [-0.25, -0.2) is 0 Å². The molecule has 0 saturated heterocycles. The fourth-order valence-corrected chi connectivity index (χ4v) is 4.16. The van der Waals surface area contributed by atoms with Crippen molar-refractivity contribution in [2.45, 2.75) is 86.5 Å². The lowest BCUT2D eigenvalue weighted by Gasteiger charge is -2.49. The molecule has 2 atom stereocenters. The van der Waals surface area contributed by atoms with Crippen LogP contribution in [0.1, 0.15) is 86.5 Å². The third kappa shape index (κ3) is 4.48. The minimum absolute atomic E-state index is 0.141. The lowest BCUT2D eigenvalue weighted by Crippen LogP contribution is -2.56. The molecule has 0 aliphatic carbocycles. The Hall–Kier alpha value is -1.06. The van der Waals surface area contributed by atoms with Crippen molar-refractivity contribution in [1.82, 2.24) is 0 Å². The summed E-state index contributed by atoms with van der Waals surface area (Å²) in [6.07, 6.45) is 4.50. The second kappa shape index (κ2) is 9.29. The van der Waals surface area contributed by atoms with Crippen LogP contribution in [0.15, 0.2) is 0 Å². The standard InChI is InChI=1S/C19H36O4/c1-7-9-11-18(16(20)21,13-14(3)4)19(15(5)6,17(22)23)12-10-8-2/h14-15H,7-13H2,1-6H3,(H,20,21)(H,22,23). The van der Waals surface area contributed by atoms with Crippen molar-refractivity contribution in [3.8, 4) is 0 Å². The van der Waals surface area contributed by atoms with E-state index in [1.165, 1.54) is 0 Å². The van der Waals surface area contributed by atoms with Crippen LogP contribution in [0.5, 0.6) is 0 Å². The average molecular weight is 328 g/mol. The van der Waals surface area contributed by atoms with Crippen molar-refractivity contribution in [1.29, 1.82) is 0 Å². The predicted octanol–water partition coefficient (Wildman–Crippen LogP) is 5.21. The number of unbranched alkanes of at least 4 members (excludes halogenated alkanes) is 2. The van der Waals surface area contributed by atoms with Gasteiger partial charge >= 0.3 is 11.9 Å². The van der Waals surface area contributed by atoms with E-state index in [1.807, 2.05) is 41.5 Å². The molecule has 0 radical (unpaired) electrons. The van der Waals surface area contributed by atoms with E-state index < -0.39 is 22.8 Å². The first kappa shape index (κ1) is 21.9. The lowest BCUT2D eigenvalue weighted by molar-refractivity contribution is -0.184. The van der Waals surface area contributed by atoms with Crippen molar-refractivity contribution in [2.75, 3.05) is 0 Å². The molecule has 4 nitrogen and oxygen atoms in total. The molecule has 0 bridgehead atoms. The van der Waals surface area contributed by atoms with Gasteiger partial charge in [-0.15, -0.1) is 0 Å². The van der Waals surface area contributed by atoms with Gasteiger partial charge in [-0.3, -0.25) is 9.59 Å². The summed E-state index contributed by atoms with van der Waals surface area (Å²) in [7, 11) is 0. The summed E-state index contributed by atoms with van der Waals surface area (Å²) in [5, 5.41) is 20.3. The molecule has 0 aromatic carbocycles. The molecule has 0 rings (SSSR count). The van der Waals surface area contributed by atoms with Gasteiger partial charge in [0.15, 0.2) is 0 Å². The Labute approximate surface area is 141 Å². The second-order valence-electron chi connectivity index (χ2n) is 7.62. The Morgan fingerprint density at radius 3 is 1.65 bits per heavy atom. The highest BCUT2D eigenvalue weighted by Gasteiger charge is 2.61. The summed E-state index contributed by atoms with van der Waals surface area (Å²) in [6.45, 7) is 11.7. The third-order valence-electron chi connectivity index (χ3n) is 5.27.